The molecule has 1 amide bonds. The Morgan fingerprint density at radius 3 is 2.83 bits per heavy atom. The van der Waals surface area contributed by atoms with Gasteiger partial charge in [0.2, 0.25) is 0 Å². The van der Waals surface area contributed by atoms with E-state index >= 15 is 0 Å². The van der Waals surface area contributed by atoms with Crippen molar-refractivity contribution in [2.45, 2.75) is 31.8 Å². The van der Waals surface area contributed by atoms with Crippen LogP contribution in [0.1, 0.15) is 25.7 Å². The van der Waals surface area contributed by atoms with Gasteiger partial charge in [0.25, 0.3) is 5.91 Å². The Morgan fingerprint density at radius 1 is 1.17 bits per heavy atom. The van der Waals surface area contributed by atoms with Crippen LogP contribution in [0.2, 0.25) is 5.02 Å². The van der Waals surface area contributed by atoms with Crippen molar-refractivity contribution >= 4 is 29.1 Å². The molecule has 1 unspecified atom stereocenters. The summed E-state index contributed by atoms with van der Waals surface area (Å²) < 4.78 is 10.8. The van der Waals surface area contributed by atoms with E-state index in [1.54, 1.807) is 6.07 Å². The predicted octanol–water partition coefficient (Wildman–Crippen LogP) is 3.75. The highest BCUT2D eigenvalue weighted by molar-refractivity contribution is 6.33. The molecular formula is C21H25ClN4O3. The summed E-state index contributed by atoms with van der Waals surface area (Å²) >= 11 is 6.37. The zero-order chi connectivity index (χ0) is 20.1. The molecule has 0 aliphatic carbocycles. The Labute approximate surface area is 175 Å². The maximum absolute atomic E-state index is 12.3. The van der Waals surface area contributed by atoms with Crippen LogP contribution in [0, 0.1) is 5.92 Å². The molecule has 2 fully saturated rings. The third-order valence-corrected chi connectivity index (χ3v) is 5.57. The van der Waals surface area contributed by atoms with Gasteiger partial charge in [-0.1, -0.05) is 17.7 Å². The van der Waals surface area contributed by atoms with Crippen molar-refractivity contribution < 1.29 is 14.3 Å². The van der Waals surface area contributed by atoms with Crippen LogP contribution in [0.4, 0.5) is 11.6 Å². The Bertz CT molecular complexity index is 852. The number of aromatic nitrogens is 2. The zero-order valence-electron chi connectivity index (χ0n) is 16.2. The Kier molecular flexibility index (Phi) is 6.59. The number of hydrogen-bond donors (Lipinski definition) is 2. The molecule has 8 heteroatoms. The first-order valence-corrected chi connectivity index (χ1v) is 10.4. The normalized spacial score (nSPS) is 19.8. The van der Waals surface area contributed by atoms with Gasteiger partial charge in [-0.05, 0) is 49.8 Å². The first-order valence-electron chi connectivity index (χ1n) is 10.1. The standard InChI is InChI=1S/C21H25ClN4O3/c22-16-13-24-20(26-21(27)18-4-2-8-29-18)11-15(16)17-3-1-5-19(25-17)23-12-14-6-9-28-10-7-14/h1,3,5,11,13-14,18H,2,4,6-10,12H2,(H,23,25)(H,24,26,27). The summed E-state index contributed by atoms with van der Waals surface area (Å²) in [6.07, 6.45) is 4.88. The molecule has 0 bridgehead atoms. The fraction of sp³-hybridized carbons (Fsp3) is 0.476. The topological polar surface area (TPSA) is 85.4 Å². The number of amides is 1. The number of hydrogen-bond acceptors (Lipinski definition) is 6. The highest BCUT2D eigenvalue weighted by Gasteiger charge is 2.24. The van der Waals surface area contributed by atoms with E-state index in [9.17, 15) is 4.79 Å². The Balaban J connectivity index is 1.46. The Morgan fingerprint density at radius 2 is 2.03 bits per heavy atom. The van der Waals surface area contributed by atoms with E-state index in [-0.39, 0.29) is 5.91 Å². The van der Waals surface area contributed by atoms with Crippen LogP contribution in [-0.2, 0) is 14.3 Å². The zero-order valence-corrected chi connectivity index (χ0v) is 17.0. The number of nitrogens with one attached hydrogen (secondary N) is 2. The fourth-order valence-corrected chi connectivity index (χ4v) is 3.78. The SMILES string of the molecule is O=C(Nc1cc(-c2cccc(NCC3CCOCC3)n2)c(Cl)cn1)C1CCCO1. The second-order valence-electron chi connectivity index (χ2n) is 7.39. The molecule has 2 aromatic rings. The van der Waals surface area contributed by atoms with Crippen molar-refractivity contribution in [3.05, 3.63) is 35.5 Å². The van der Waals surface area contributed by atoms with Gasteiger partial charge in [-0.15, -0.1) is 0 Å². The number of nitrogens with zero attached hydrogens (tertiary/aromatic N) is 2. The highest BCUT2D eigenvalue weighted by atomic mass is 35.5. The molecule has 2 N–H and O–H groups in total. The molecule has 0 aromatic carbocycles. The lowest BCUT2D eigenvalue weighted by molar-refractivity contribution is -0.124. The molecule has 0 saturated carbocycles. The summed E-state index contributed by atoms with van der Waals surface area (Å²) in [7, 11) is 0. The quantitative estimate of drug-likeness (QED) is 0.745. The summed E-state index contributed by atoms with van der Waals surface area (Å²) in [6, 6.07) is 7.53. The van der Waals surface area contributed by atoms with Crippen LogP contribution in [0.25, 0.3) is 11.3 Å². The summed E-state index contributed by atoms with van der Waals surface area (Å²) in [6.45, 7) is 3.14. The second kappa shape index (κ2) is 9.52. The molecule has 0 radical (unpaired) electrons. The molecule has 2 aromatic heterocycles. The van der Waals surface area contributed by atoms with Crippen molar-refractivity contribution in [1.29, 1.82) is 0 Å². The summed E-state index contributed by atoms with van der Waals surface area (Å²) in [5, 5.41) is 6.71. The second-order valence-corrected chi connectivity index (χ2v) is 7.79. The van der Waals surface area contributed by atoms with Gasteiger partial charge in [-0.25, -0.2) is 9.97 Å². The minimum absolute atomic E-state index is 0.178. The molecule has 29 heavy (non-hydrogen) atoms. The lowest BCUT2D eigenvalue weighted by Gasteiger charge is -2.22. The lowest BCUT2D eigenvalue weighted by Crippen LogP contribution is -2.27. The molecule has 2 aliphatic rings. The number of ether oxygens (including phenoxy) is 2. The average Bonchev–Trinajstić information content (AvgIpc) is 3.30. The van der Waals surface area contributed by atoms with Crippen LogP contribution < -0.4 is 10.6 Å². The maximum atomic E-state index is 12.3. The summed E-state index contributed by atoms with van der Waals surface area (Å²) in [5.74, 6) is 1.65. The van der Waals surface area contributed by atoms with E-state index in [0.717, 1.165) is 62.5 Å². The van der Waals surface area contributed by atoms with Crippen LogP contribution >= 0.6 is 11.6 Å². The van der Waals surface area contributed by atoms with Crippen LogP contribution in [0.5, 0.6) is 0 Å². The van der Waals surface area contributed by atoms with Crippen molar-refractivity contribution in [2.75, 3.05) is 37.0 Å². The summed E-state index contributed by atoms with van der Waals surface area (Å²) in [4.78, 5) is 21.2. The number of pyridine rings is 2. The number of carbonyl (C=O) groups excluding carboxylic acids is 1. The molecular weight excluding hydrogens is 392 g/mol. The lowest BCUT2D eigenvalue weighted by atomic mass is 10.0. The van der Waals surface area contributed by atoms with Gasteiger partial charge in [0.15, 0.2) is 0 Å². The molecule has 154 valence electrons. The van der Waals surface area contributed by atoms with Gasteiger partial charge < -0.3 is 20.1 Å². The van der Waals surface area contributed by atoms with Gasteiger partial charge in [-0.2, -0.15) is 0 Å². The van der Waals surface area contributed by atoms with Gasteiger partial charge in [-0.3, -0.25) is 4.79 Å². The van der Waals surface area contributed by atoms with E-state index < -0.39 is 6.10 Å². The molecule has 1 atom stereocenters. The number of halogens is 1. The highest BCUT2D eigenvalue weighted by Crippen LogP contribution is 2.29. The van der Waals surface area contributed by atoms with Gasteiger partial charge >= 0.3 is 0 Å². The van der Waals surface area contributed by atoms with Crippen molar-refractivity contribution in [2.24, 2.45) is 5.92 Å². The van der Waals surface area contributed by atoms with E-state index in [1.807, 2.05) is 18.2 Å². The van der Waals surface area contributed by atoms with E-state index in [2.05, 4.69) is 15.6 Å². The molecule has 2 aliphatic heterocycles. The maximum Gasteiger partial charge on any atom is 0.254 e. The van der Waals surface area contributed by atoms with E-state index in [4.69, 9.17) is 26.1 Å². The van der Waals surface area contributed by atoms with Crippen LogP contribution in [0.3, 0.4) is 0 Å². The molecule has 4 rings (SSSR count). The molecule has 7 nitrogen and oxygen atoms in total. The Hall–Kier alpha value is -2.22. The molecule has 2 saturated heterocycles. The average molecular weight is 417 g/mol. The van der Waals surface area contributed by atoms with Crippen LogP contribution in [-0.4, -0.2) is 48.3 Å². The van der Waals surface area contributed by atoms with Crippen molar-refractivity contribution in [3.63, 3.8) is 0 Å². The smallest absolute Gasteiger partial charge is 0.254 e. The minimum Gasteiger partial charge on any atom is -0.381 e. The van der Waals surface area contributed by atoms with E-state index in [1.165, 1.54) is 6.20 Å². The number of anilines is 2. The van der Waals surface area contributed by atoms with Gasteiger partial charge in [0.1, 0.15) is 17.7 Å². The van der Waals surface area contributed by atoms with Gasteiger partial charge in [0, 0.05) is 38.1 Å². The largest absolute Gasteiger partial charge is 0.381 e. The van der Waals surface area contributed by atoms with Crippen molar-refractivity contribution in [3.8, 4) is 11.3 Å². The van der Waals surface area contributed by atoms with Gasteiger partial charge in [0.05, 0.1) is 10.7 Å². The molecule has 4 heterocycles. The van der Waals surface area contributed by atoms with Crippen molar-refractivity contribution in [1.82, 2.24) is 9.97 Å². The first-order chi connectivity index (χ1) is 14.2. The predicted molar refractivity (Wildman–Crippen MR) is 112 cm³/mol. The third-order valence-electron chi connectivity index (χ3n) is 5.27. The summed E-state index contributed by atoms with van der Waals surface area (Å²) in [5.41, 5.74) is 1.45. The minimum atomic E-state index is -0.410. The third kappa shape index (κ3) is 5.23. The number of rotatable bonds is 6. The fourth-order valence-electron chi connectivity index (χ4n) is 3.58. The number of carbonyl (C=O) groups is 1. The van der Waals surface area contributed by atoms with Crippen LogP contribution in [0.15, 0.2) is 30.5 Å². The monoisotopic (exact) mass is 416 g/mol. The molecule has 0 spiro atoms. The van der Waals surface area contributed by atoms with E-state index in [0.29, 0.717) is 23.4 Å². The first kappa shape index (κ1) is 20.1.